The van der Waals surface area contributed by atoms with Crippen LogP contribution < -0.4 is 5.32 Å². The maximum Gasteiger partial charge on any atom is 0.115 e. The van der Waals surface area contributed by atoms with Crippen LogP contribution in [-0.2, 0) is 6.54 Å². The Morgan fingerprint density at radius 2 is 2.06 bits per heavy atom. The SMILES string of the molecule is Cc1nc(C)c(CNc2ccc(O)cc2C)s1. The van der Waals surface area contributed by atoms with Crippen molar-refractivity contribution < 1.29 is 5.11 Å². The fraction of sp³-hybridized carbons (Fsp3) is 0.308. The highest BCUT2D eigenvalue weighted by Crippen LogP contribution is 2.23. The average Bonchev–Trinajstić information content (AvgIpc) is 2.56. The van der Waals surface area contributed by atoms with E-state index >= 15 is 0 Å². The molecule has 1 aromatic heterocycles. The number of phenols is 1. The summed E-state index contributed by atoms with van der Waals surface area (Å²) in [6.07, 6.45) is 0. The van der Waals surface area contributed by atoms with Crippen molar-refractivity contribution in [2.75, 3.05) is 5.32 Å². The van der Waals surface area contributed by atoms with Crippen molar-refractivity contribution in [2.45, 2.75) is 27.3 Å². The first-order valence-corrected chi connectivity index (χ1v) is 6.34. The van der Waals surface area contributed by atoms with Crippen molar-refractivity contribution in [3.63, 3.8) is 0 Å². The average molecular weight is 248 g/mol. The predicted octanol–water partition coefficient (Wildman–Crippen LogP) is 3.39. The Morgan fingerprint density at radius 3 is 2.65 bits per heavy atom. The van der Waals surface area contributed by atoms with Crippen LogP contribution in [0.4, 0.5) is 5.69 Å². The van der Waals surface area contributed by atoms with E-state index in [1.807, 2.05) is 26.8 Å². The lowest BCUT2D eigenvalue weighted by Gasteiger charge is -2.09. The number of anilines is 1. The first-order valence-electron chi connectivity index (χ1n) is 5.52. The molecule has 0 amide bonds. The van der Waals surface area contributed by atoms with Crippen molar-refractivity contribution in [3.05, 3.63) is 39.3 Å². The number of aromatic hydroxyl groups is 1. The van der Waals surface area contributed by atoms with Gasteiger partial charge in [0.25, 0.3) is 0 Å². The second kappa shape index (κ2) is 4.75. The van der Waals surface area contributed by atoms with Crippen LogP contribution in [0.25, 0.3) is 0 Å². The smallest absolute Gasteiger partial charge is 0.115 e. The molecule has 0 atom stereocenters. The summed E-state index contributed by atoms with van der Waals surface area (Å²) in [5, 5.41) is 13.8. The van der Waals surface area contributed by atoms with Crippen molar-refractivity contribution in [3.8, 4) is 5.75 Å². The van der Waals surface area contributed by atoms with Gasteiger partial charge in [-0.25, -0.2) is 4.98 Å². The van der Waals surface area contributed by atoms with Crippen molar-refractivity contribution in [2.24, 2.45) is 0 Å². The van der Waals surface area contributed by atoms with E-state index < -0.39 is 0 Å². The van der Waals surface area contributed by atoms with Crippen LogP contribution in [-0.4, -0.2) is 10.1 Å². The molecule has 4 heteroatoms. The van der Waals surface area contributed by atoms with Crippen LogP contribution >= 0.6 is 11.3 Å². The number of aryl methyl sites for hydroxylation is 3. The largest absolute Gasteiger partial charge is 0.508 e. The van der Waals surface area contributed by atoms with Crippen LogP contribution in [0, 0.1) is 20.8 Å². The number of thiazole rings is 1. The summed E-state index contributed by atoms with van der Waals surface area (Å²) in [6, 6.07) is 5.35. The fourth-order valence-electron chi connectivity index (χ4n) is 1.76. The second-order valence-electron chi connectivity index (χ2n) is 4.09. The van der Waals surface area contributed by atoms with Crippen molar-refractivity contribution in [1.82, 2.24) is 4.98 Å². The zero-order chi connectivity index (χ0) is 12.4. The van der Waals surface area contributed by atoms with E-state index in [-0.39, 0.29) is 0 Å². The fourth-order valence-corrected chi connectivity index (χ4v) is 2.64. The molecule has 0 aliphatic carbocycles. The summed E-state index contributed by atoms with van der Waals surface area (Å²) in [7, 11) is 0. The molecular formula is C13H16N2OS. The Hall–Kier alpha value is -1.55. The minimum Gasteiger partial charge on any atom is -0.508 e. The number of benzene rings is 1. The van der Waals surface area contributed by atoms with Gasteiger partial charge in [0, 0.05) is 10.6 Å². The molecule has 0 saturated heterocycles. The lowest BCUT2D eigenvalue weighted by Crippen LogP contribution is -2.00. The minimum absolute atomic E-state index is 0.304. The summed E-state index contributed by atoms with van der Waals surface area (Å²) in [6.45, 7) is 6.81. The summed E-state index contributed by atoms with van der Waals surface area (Å²) < 4.78 is 0. The van der Waals surface area contributed by atoms with Crippen molar-refractivity contribution >= 4 is 17.0 Å². The Bertz CT molecular complexity index is 534. The van der Waals surface area contributed by atoms with E-state index in [1.54, 1.807) is 23.5 Å². The predicted molar refractivity (Wildman–Crippen MR) is 71.8 cm³/mol. The molecule has 1 aromatic carbocycles. The molecule has 90 valence electrons. The molecule has 0 spiro atoms. The zero-order valence-corrected chi connectivity index (χ0v) is 11.1. The zero-order valence-electron chi connectivity index (χ0n) is 10.2. The van der Waals surface area contributed by atoms with Gasteiger partial charge in [-0.05, 0) is 44.5 Å². The third-order valence-electron chi connectivity index (χ3n) is 2.65. The van der Waals surface area contributed by atoms with Gasteiger partial charge in [-0.1, -0.05) is 0 Å². The van der Waals surface area contributed by atoms with E-state index in [4.69, 9.17) is 0 Å². The van der Waals surface area contributed by atoms with Gasteiger partial charge < -0.3 is 10.4 Å². The van der Waals surface area contributed by atoms with Gasteiger partial charge in [-0.3, -0.25) is 0 Å². The molecule has 2 aromatic rings. The van der Waals surface area contributed by atoms with E-state index in [0.29, 0.717) is 5.75 Å². The maximum atomic E-state index is 9.33. The van der Waals surface area contributed by atoms with Gasteiger partial charge >= 0.3 is 0 Å². The van der Waals surface area contributed by atoms with Crippen LogP contribution in [0.15, 0.2) is 18.2 Å². The van der Waals surface area contributed by atoms with Crippen LogP contribution in [0.2, 0.25) is 0 Å². The number of aromatic nitrogens is 1. The van der Waals surface area contributed by atoms with Crippen LogP contribution in [0.3, 0.4) is 0 Å². The molecule has 0 bridgehead atoms. The van der Waals surface area contributed by atoms with E-state index in [1.165, 1.54) is 4.88 Å². The normalized spacial score (nSPS) is 10.5. The number of hydrogen-bond donors (Lipinski definition) is 2. The number of rotatable bonds is 3. The number of hydrogen-bond acceptors (Lipinski definition) is 4. The van der Waals surface area contributed by atoms with E-state index in [9.17, 15) is 5.11 Å². The Labute approximate surface area is 105 Å². The number of nitrogens with zero attached hydrogens (tertiary/aromatic N) is 1. The molecule has 0 unspecified atom stereocenters. The van der Waals surface area contributed by atoms with Crippen LogP contribution in [0.5, 0.6) is 5.75 Å². The molecule has 2 rings (SSSR count). The summed E-state index contributed by atoms with van der Waals surface area (Å²) >= 11 is 1.72. The van der Waals surface area contributed by atoms with Gasteiger partial charge in [0.15, 0.2) is 0 Å². The van der Waals surface area contributed by atoms with Gasteiger partial charge in [-0.15, -0.1) is 11.3 Å². The molecule has 0 fully saturated rings. The Balaban J connectivity index is 2.10. The lowest BCUT2D eigenvalue weighted by molar-refractivity contribution is 0.475. The molecule has 17 heavy (non-hydrogen) atoms. The topological polar surface area (TPSA) is 45.2 Å². The minimum atomic E-state index is 0.304. The summed E-state index contributed by atoms with van der Waals surface area (Å²) in [5.74, 6) is 0.304. The highest BCUT2D eigenvalue weighted by atomic mass is 32.1. The van der Waals surface area contributed by atoms with Gasteiger partial charge in [0.1, 0.15) is 5.75 Å². The molecule has 0 aliphatic rings. The number of nitrogens with one attached hydrogen (secondary N) is 1. The quantitative estimate of drug-likeness (QED) is 0.818. The first-order chi connectivity index (χ1) is 8.06. The Morgan fingerprint density at radius 1 is 1.29 bits per heavy atom. The van der Waals surface area contributed by atoms with E-state index in [0.717, 1.165) is 28.5 Å². The van der Waals surface area contributed by atoms with Gasteiger partial charge in [0.05, 0.1) is 17.2 Å². The summed E-state index contributed by atoms with van der Waals surface area (Å²) in [5.41, 5.74) is 3.19. The van der Waals surface area contributed by atoms with Gasteiger partial charge in [0.2, 0.25) is 0 Å². The molecular weight excluding hydrogens is 232 g/mol. The number of phenolic OH excluding ortho intramolecular Hbond substituents is 1. The molecule has 1 heterocycles. The first kappa shape index (κ1) is 11.9. The summed E-state index contributed by atoms with van der Waals surface area (Å²) in [4.78, 5) is 5.66. The molecule has 0 aliphatic heterocycles. The van der Waals surface area contributed by atoms with Crippen molar-refractivity contribution in [1.29, 1.82) is 0 Å². The highest BCUT2D eigenvalue weighted by molar-refractivity contribution is 7.11. The highest BCUT2D eigenvalue weighted by Gasteiger charge is 2.05. The maximum absolute atomic E-state index is 9.33. The van der Waals surface area contributed by atoms with Crippen LogP contribution in [0.1, 0.15) is 21.1 Å². The monoisotopic (exact) mass is 248 g/mol. The third-order valence-corrected chi connectivity index (χ3v) is 3.72. The second-order valence-corrected chi connectivity index (χ2v) is 5.38. The molecule has 0 saturated carbocycles. The lowest BCUT2D eigenvalue weighted by atomic mass is 10.2. The molecule has 0 radical (unpaired) electrons. The molecule has 2 N–H and O–H groups in total. The molecule has 3 nitrogen and oxygen atoms in total. The van der Waals surface area contributed by atoms with Gasteiger partial charge in [-0.2, -0.15) is 0 Å². The van der Waals surface area contributed by atoms with E-state index in [2.05, 4.69) is 10.3 Å². The standard InChI is InChI=1S/C13H16N2OS/c1-8-6-11(16)4-5-12(8)14-7-13-9(2)15-10(3)17-13/h4-6,14,16H,7H2,1-3H3. The Kier molecular flexibility index (Phi) is 3.33. The third kappa shape index (κ3) is 2.77.